The van der Waals surface area contributed by atoms with Crippen LogP contribution in [0.2, 0.25) is 5.02 Å². The van der Waals surface area contributed by atoms with Gasteiger partial charge < -0.3 is 20.5 Å². The first-order valence-electron chi connectivity index (χ1n) is 8.35. The molecule has 0 aliphatic heterocycles. The van der Waals surface area contributed by atoms with Crippen LogP contribution in [0.5, 0.6) is 5.75 Å². The first kappa shape index (κ1) is 19.5. The number of aromatic hydroxyl groups is 1. The zero-order valence-electron chi connectivity index (χ0n) is 15.4. The van der Waals surface area contributed by atoms with Crippen molar-refractivity contribution in [2.75, 3.05) is 26.9 Å². The number of anilines is 1. The van der Waals surface area contributed by atoms with Gasteiger partial charge in [0.05, 0.1) is 7.11 Å². The number of methoxy groups -OCH3 is 1. The summed E-state index contributed by atoms with van der Waals surface area (Å²) in [4.78, 5) is 14.4. The molecule has 0 saturated carbocycles. The number of benzene rings is 2. The summed E-state index contributed by atoms with van der Waals surface area (Å²) < 4.78 is 5.75. The van der Waals surface area contributed by atoms with Crippen molar-refractivity contribution in [2.45, 2.75) is 13.0 Å². The predicted molar refractivity (Wildman–Crippen MR) is 111 cm³/mol. The van der Waals surface area contributed by atoms with E-state index in [-0.39, 0.29) is 5.75 Å². The fourth-order valence-electron chi connectivity index (χ4n) is 3.17. The van der Waals surface area contributed by atoms with Crippen LogP contribution in [0.1, 0.15) is 27.0 Å². The van der Waals surface area contributed by atoms with E-state index < -0.39 is 5.97 Å². The number of fused-ring (bicyclic) bond motifs is 1. The Morgan fingerprint density at radius 2 is 2.00 bits per heavy atom. The van der Waals surface area contributed by atoms with Crippen LogP contribution in [0.15, 0.2) is 30.3 Å². The number of nitrogen functional groups attached to an aromatic ring is 1. The summed E-state index contributed by atoms with van der Waals surface area (Å²) in [6, 6.07) is 9.20. The van der Waals surface area contributed by atoms with E-state index in [9.17, 15) is 9.90 Å². The van der Waals surface area contributed by atoms with E-state index in [4.69, 9.17) is 22.1 Å². The first-order chi connectivity index (χ1) is 12.8. The molecule has 3 aromatic rings. The van der Waals surface area contributed by atoms with Gasteiger partial charge in [-0.3, -0.25) is 0 Å². The number of hydrogen-bond donors (Lipinski definition) is 2. The van der Waals surface area contributed by atoms with Gasteiger partial charge in [0.1, 0.15) is 16.3 Å². The average molecular weight is 405 g/mol. The van der Waals surface area contributed by atoms with Gasteiger partial charge in [0.2, 0.25) is 0 Å². The van der Waals surface area contributed by atoms with E-state index in [0.717, 1.165) is 26.8 Å². The Bertz CT molecular complexity index is 1010. The van der Waals surface area contributed by atoms with Gasteiger partial charge >= 0.3 is 5.97 Å². The van der Waals surface area contributed by atoms with Crippen LogP contribution in [-0.4, -0.2) is 37.2 Å². The lowest BCUT2D eigenvalue weighted by Gasteiger charge is -2.15. The van der Waals surface area contributed by atoms with E-state index in [0.29, 0.717) is 28.6 Å². The Morgan fingerprint density at radius 1 is 1.30 bits per heavy atom. The van der Waals surface area contributed by atoms with Crippen LogP contribution in [0.25, 0.3) is 10.1 Å². The number of phenols is 1. The minimum Gasteiger partial charge on any atom is -0.508 e. The maximum absolute atomic E-state index is 12.4. The molecule has 0 unspecified atom stereocenters. The predicted octanol–water partition coefficient (Wildman–Crippen LogP) is 4.28. The number of halogens is 1. The summed E-state index contributed by atoms with van der Waals surface area (Å²) in [6.07, 6.45) is 0.464. The Morgan fingerprint density at radius 3 is 2.63 bits per heavy atom. The van der Waals surface area contributed by atoms with E-state index in [1.165, 1.54) is 18.4 Å². The Balaban J connectivity index is 2.29. The molecule has 142 valence electrons. The summed E-state index contributed by atoms with van der Waals surface area (Å²) in [5.74, 6) is -0.309. The molecule has 0 bridgehead atoms. The highest BCUT2D eigenvalue weighted by Gasteiger charge is 2.25. The highest BCUT2D eigenvalue weighted by molar-refractivity contribution is 7.23. The molecular weight excluding hydrogens is 384 g/mol. The van der Waals surface area contributed by atoms with Gasteiger partial charge in [0, 0.05) is 27.2 Å². The van der Waals surface area contributed by atoms with Crippen LogP contribution in [0, 0.1) is 0 Å². The molecule has 0 amide bonds. The molecule has 0 radical (unpaired) electrons. The van der Waals surface area contributed by atoms with Crippen molar-refractivity contribution in [1.29, 1.82) is 0 Å². The first-order valence-corrected chi connectivity index (χ1v) is 9.55. The number of phenolic OH excluding ortho intramolecular Hbond substituents is 1. The SMILES string of the molecule is COC(=O)c1c(N)sc2c(CN(C)C)c(O)cc(Cc3ccccc3Cl)c12. The molecule has 7 heteroatoms. The molecule has 0 saturated heterocycles. The lowest BCUT2D eigenvalue weighted by atomic mass is 9.96. The molecule has 27 heavy (non-hydrogen) atoms. The Hall–Kier alpha value is -2.28. The summed E-state index contributed by atoms with van der Waals surface area (Å²) in [7, 11) is 5.17. The molecule has 3 rings (SSSR count). The van der Waals surface area contributed by atoms with Crippen LogP contribution in [0.4, 0.5) is 5.00 Å². The van der Waals surface area contributed by atoms with Gasteiger partial charge in [-0.25, -0.2) is 4.79 Å². The molecule has 2 aromatic carbocycles. The van der Waals surface area contributed by atoms with Gasteiger partial charge in [-0.2, -0.15) is 0 Å². The summed E-state index contributed by atoms with van der Waals surface area (Å²) in [5.41, 5.74) is 8.94. The van der Waals surface area contributed by atoms with Crippen LogP contribution < -0.4 is 5.73 Å². The molecule has 0 atom stereocenters. The quantitative estimate of drug-likeness (QED) is 0.620. The van der Waals surface area contributed by atoms with E-state index in [1.54, 1.807) is 6.07 Å². The molecule has 0 aliphatic rings. The molecule has 5 nitrogen and oxygen atoms in total. The fourth-order valence-corrected chi connectivity index (χ4v) is 4.51. The Kier molecular flexibility index (Phi) is 5.60. The highest BCUT2D eigenvalue weighted by Crippen LogP contribution is 2.43. The standard InChI is InChI=1S/C20H21ClN2O3S/c1-23(2)10-13-15(24)9-12(8-11-6-4-5-7-14(11)21)16-17(20(25)26-3)19(22)27-18(13)16/h4-7,9,24H,8,10,22H2,1-3H3. The molecule has 3 N–H and O–H groups in total. The number of carbonyl (C=O) groups is 1. The zero-order chi connectivity index (χ0) is 19.7. The third kappa shape index (κ3) is 3.74. The molecule has 1 aromatic heterocycles. The molecular formula is C20H21ClN2O3S. The lowest BCUT2D eigenvalue weighted by molar-refractivity contribution is 0.0604. The molecule has 0 aliphatic carbocycles. The zero-order valence-corrected chi connectivity index (χ0v) is 16.9. The van der Waals surface area contributed by atoms with Crippen LogP contribution >= 0.6 is 22.9 Å². The van der Waals surface area contributed by atoms with Gasteiger partial charge in [-0.1, -0.05) is 29.8 Å². The van der Waals surface area contributed by atoms with Gasteiger partial charge in [-0.05, 0) is 43.8 Å². The highest BCUT2D eigenvalue weighted by atomic mass is 35.5. The smallest absolute Gasteiger partial charge is 0.341 e. The number of esters is 1. The maximum atomic E-state index is 12.4. The Labute approximate surface area is 166 Å². The third-order valence-electron chi connectivity index (χ3n) is 4.35. The summed E-state index contributed by atoms with van der Waals surface area (Å²) >= 11 is 7.61. The number of nitrogens with two attached hydrogens (primary N) is 1. The third-order valence-corrected chi connectivity index (χ3v) is 5.80. The maximum Gasteiger partial charge on any atom is 0.341 e. The van der Waals surface area contributed by atoms with E-state index in [2.05, 4.69) is 0 Å². The van der Waals surface area contributed by atoms with E-state index in [1.807, 2.05) is 43.3 Å². The molecule has 0 spiro atoms. The number of nitrogens with zero attached hydrogens (tertiary/aromatic N) is 1. The summed E-state index contributed by atoms with van der Waals surface area (Å²) in [5, 5.41) is 12.4. The average Bonchev–Trinajstić information content (AvgIpc) is 2.96. The number of hydrogen-bond acceptors (Lipinski definition) is 6. The van der Waals surface area contributed by atoms with Gasteiger partial charge in [-0.15, -0.1) is 11.3 Å². The van der Waals surface area contributed by atoms with Gasteiger partial charge in [0.15, 0.2) is 0 Å². The largest absolute Gasteiger partial charge is 0.508 e. The van der Waals surface area contributed by atoms with Crippen LogP contribution in [-0.2, 0) is 17.7 Å². The normalized spacial score (nSPS) is 11.3. The van der Waals surface area contributed by atoms with Crippen molar-refractivity contribution in [3.8, 4) is 5.75 Å². The monoisotopic (exact) mass is 404 g/mol. The summed E-state index contributed by atoms with van der Waals surface area (Å²) in [6.45, 7) is 0.523. The van der Waals surface area contributed by atoms with Crippen molar-refractivity contribution in [3.63, 3.8) is 0 Å². The minimum atomic E-state index is -0.486. The number of rotatable bonds is 5. The molecule has 1 heterocycles. The lowest BCUT2D eigenvalue weighted by Crippen LogP contribution is -2.11. The van der Waals surface area contributed by atoms with Crippen molar-refractivity contribution in [3.05, 3.63) is 57.6 Å². The van der Waals surface area contributed by atoms with E-state index >= 15 is 0 Å². The minimum absolute atomic E-state index is 0.177. The molecule has 0 fully saturated rings. The second kappa shape index (κ2) is 7.76. The van der Waals surface area contributed by atoms with Gasteiger partial charge in [0.25, 0.3) is 0 Å². The van der Waals surface area contributed by atoms with Crippen molar-refractivity contribution in [2.24, 2.45) is 0 Å². The van der Waals surface area contributed by atoms with Crippen molar-refractivity contribution < 1.29 is 14.6 Å². The van der Waals surface area contributed by atoms with Crippen molar-refractivity contribution in [1.82, 2.24) is 4.90 Å². The number of ether oxygens (including phenoxy) is 1. The number of carbonyl (C=O) groups excluding carboxylic acids is 1. The van der Waals surface area contributed by atoms with Crippen molar-refractivity contribution >= 4 is 44.0 Å². The van der Waals surface area contributed by atoms with Crippen LogP contribution in [0.3, 0.4) is 0 Å². The second-order valence-electron chi connectivity index (χ2n) is 6.58. The second-order valence-corrected chi connectivity index (χ2v) is 8.04. The fraction of sp³-hybridized carbons (Fsp3) is 0.250. The topological polar surface area (TPSA) is 75.8 Å². The number of thiophene rings is 1.